The first-order valence-electron chi connectivity index (χ1n) is 4.26. The fraction of sp³-hybridized carbons (Fsp3) is 0.556. The number of nitrogens with one attached hydrogen (secondary N) is 1. The van der Waals surface area contributed by atoms with E-state index in [9.17, 15) is 0 Å². The Hall–Kier alpha value is -0.800. The van der Waals surface area contributed by atoms with E-state index in [1.807, 2.05) is 24.7 Å². The highest BCUT2D eigenvalue weighted by atomic mass is 16.5. The van der Waals surface area contributed by atoms with Crippen molar-refractivity contribution in [3.05, 3.63) is 24.0 Å². The Kier molecular flexibility index (Phi) is 1.90. The molecule has 0 aromatic carbocycles. The van der Waals surface area contributed by atoms with Crippen molar-refractivity contribution in [2.75, 3.05) is 6.54 Å². The van der Waals surface area contributed by atoms with E-state index in [-0.39, 0.29) is 12.3 Å². The van der Waals surface area contributed by atoms with E-state index in [0.29, 0.717) is 0 Å². The number of ether oxygens (including phenoxy) is 1. The molecule has 0 amide bonds. The molecule has 1 saturated heterocycles. The first-order chi connectivity index (χ1) is 5.75. The molecule has 2 atom stereocenters. The molecule has 1 aromatic rings. The van der Waals surface area contributed by atoms with E-state index < -0.39 is 0 Å². The summed E-state index contributed by atoms with van der Waals surface area (Å²) in [7, 11) is 2.02. The number of hydrogen-bond acceptors (Lipinski definition) is 2. The van der Waals surface area contributed by atoms with Crippen LogP contribution in [0.2, 0.25) is 0 Å². The van der Waals surface area contributed by atoms with Crippen LogP contribution in [0.25, 0.3) is 0 Å². The van der Waals surface area contributed by atoms with E-state index in [2.05, 4.69) is 17.6 Å². The summed E-state index contributed by atoms with van der Waals surface area (Å²) in [5, 5.41) is 3.25. The minimum Gasteiger partial charge on any atom is -0.357 e. The van der Waals surface area contributed by atoms with Crippen LogP contribution in [-0.4, -0.2) is 17.3 Å². The van der Waals surface area contributed by atoms with Crippen LogP contribution < -0.4 is 5.32 Å². The Balaban J connectivity index is 2.11. The Morgan fingerprint density at radius 1 is 1.67 bits per heavy atom. The van der Waals surface area contributed by atoms with E-state index >= 15 is 0 Å². The van der Waals surface area contributed by atoms with E-state index in [1.54, 1.807) is 0 Å². The maximum absolute atomic E-state index is 5.64. The average Bonchev–Trinajstić information content (AvgIpc) is 2.58. The monoisotopic (exact) mass is 166 g/mol. The minimum absolute atomic E-state index is 0.190. The van der Waals surface area contributed by atoms with Crippen LogP contribution in [0.3, 0.4) is 0 Å². The van der Waals surface area contributed by atoms with Crippen molar-refractivity contribution in [3.63, 3.8) is 0 Å². The van der Waals surface area contributed by atoms with Gasteiger partial charge in [0.25, 0.3) is 0 Å². The maximum atomic E-state index is 5.64. The minimum atomic E-state index is 0.190. The zero-order valence-corrected chi connectivity index (χ0v) is 7.45. The molecule has 1 N–H and O–H groups in total. The van der Waals surface area contributed by atoms with Gasteiger partial charge in [0.1, 0.15) is 6.23 Å². The third-order valence-corrected chi connectivity index (χ3v) is 2.19. The fourth-order valence-corrected chi connectivity index (χ4v) is 1.53. The van der Waals surface area contributed by atoms with Crippen molar-refractivity contribution in [2.45, 2.75) is 19.3 Å². The van der Waals surface area contributed by atoms with Gasteiger partial charge in [0, 0.05) is 26.0 Å². The number of rotatable bonds is 1. The van der Waals surface area contributed by atoms with Gasteiger partial charge in [-0.25, -0.2) is 0 Å². The van der Waals surface area contributed by atoms with Crippen LogP contribution in [0.1, 0.15) is 18.6 Å². The Morgan fingerprint density at radius 2 is 2.50 bits per heavy atom. The van der Waals surface area contributed by atoms with Crippen LogP contribution in [0.5, 0.6) is 0 Å². The molecule has 0 bridgehead atoms. The molecule has 0 spiro atoms. The van der Waals surface area contributed by atoms with Gasteiger partial charge >= 0.3 is 0 Å². The van der Waals surface area contributed by atoms with Crippen molar-refractivity contribution >= 4 is 0 Å². The average molecular weight is 166 g/mol. The van der Waals surface area contributed by atoms with Gasteiger partial charge in [0.15, 0.2) is 0 Å². The Bertz CT molecular complexity index is 269. The van der Waals surface area contributed by atoms with Crippen LogP contribution in [0, 0.1) is 0 Å². The lowest BCUT2D eigenvalue weighted by atomic mass is 10.2. The summed E-state index contributed by atoms with van der Waals surface area (Å²) >= 11 is 0. The molecule has 2 heterocycles. The Labute approximate surface area is 72.3 Å². The molecular formula is C9H14N2O. The number of nitrogens with zero attached hydrogens (tertiary/aromatic N) is 1. The Morgan fingerprint density at radius 3 is 3.00 bits per heavy atom. The second kappa shape index (κ2) is 2.92. The SMILES string of the molecule is CC1NCC(c2ccn(C)c2)O1. The summed E-state index contributed by atoms with van der Waals surface area (Å²) < 4.78 is 7.68. The van der Waals surface area contributed by atoms with Gasteiger partial charge in [-0.1, -0.05) is 0 Å². The molecule has 3 heteroatoms. The number of hydrogen-bond donors (Lipinski definition) is 1. The van der Waals surface area contributed by atoms with Gasteiger partial charge in [-0.05, 0) is 18.6 Å². The predicted octanol–water partition coefficient (Wildman–Crippen LogP) is 1.03. The summed E-state index contributed by atoms with van der Waals surface area (Å²) in [5.74, 6) is 0. The maximum Gasteiger partial charge on any atom is 0.106 e. The summed E-state index contributed by atoms with van der Waals surface area (Å²) in [6, 6.07) is 2.10. The third-order valence-electron chi connectivity index (χ3n) is 2.19. The molecule has 12 heavy (non-hydrogen) atoms. The molecule has 0 aliphatic carbocycles. The van der Waals surface area contributed by atoms with Gasteiger partial charge in [-0.2, -0.15) is 0 Å². The number of aromatic nitrogens is 1. The molecule has 0 saturated carbocycles. The van der Waals surface area contributed by atoms with Crippen molar-refractivity contribution in [1.29, 1.82) is 0 Å². The molecule has 2 unspecified atom stereocenters. The van der Waals surface area contributed by atoms with Crippen molar-refractivity contribution in [2.24, 2.45) is 7.05 Å². The fourth-order valence-electron chi connectivity index (χ4n) is 1.53. The van der Waals surface area contributed by atoms with Gasteiger partial charge in [0.05, 0.1) is 6.10 Å². The highest BCUT2D eigenvalue weighted by Crippen LogP contribution is 2.22. The third kappa shape index (κ3) is 1.38. The lowest BCUT2D eigenvalue weighted by Gasteiger charge is -2.06. The standard InChI is InChI=1S/C9H14N2O/c1-7-10-5-9(12-7)8-3-4-11(2)6-8/h3-4,6-7,9-10H,5H2,1-2H3. The predicted molar refractivity (Wildman–Crippen MR) is 46.7 cm³/mol. The molecule has 3 nitrogen and oxygen atoms in total. The second-order valence-electron chi connectivity index (χ2n) is 3.29. The summed E-state index contributed by atoms with van der Waals surface area (Å²) in [6.45, 7) is 2.95. The summed E-state index contributed by atoms with van der Waals surface area (Å²) in [5.41, 5.74) is 1.26. The van der Waals surface area contributed by atoms with Crippen molar-refractivity contribution in [3.8, 4) is 0 Å². The van der Waals surface area contributed by atoms with Crippen LogP contribution in [-0.2, 0) is 11.8 Å². The summed E-state index contributed by atoms with van der Waals surface area (Å²) in [6.07, 6.45) is 4.57. The molecule has 66 valence electrons. The molecule has 1 aromatic heterocycles. The normalized spacial score (nSPS) is 29.5. The zero-order valence-electron chi connectivity index (χ0n) is 7.45. The molecule has 1 aliphatic heterocycles. The first-order valence-corrected chi connectivity index (χ1v) is 4.26. The smallest absolute Gasteiger partial charge is 0.106 e. The lowest BCUT2D eigenvalue weighted by molar-refractivity contribution is 0.0529. The highest BCUT2D eigenvalue weighted by Gasteiger charge is 2.22. The van der Waals surface area contributed by atoms with Gasteiger partial charge in [-0.15, -0.1) is 0 Å². The molecular weight excluding hydrogens is 152 g/mol. The first kappa shape index (κ1) is 7.83. The van der Waals surface area contributed by atoms with Crippen molar-refractivity contribution in [1.82, 2.24) is 9.88 Å². The van der Waals surface area contributed by atoms with E-state index in [4.69, 9.17) is 4.74 Å². The van der Waals surface area contributed by atoms with Gasteiger partial charge < -0.3 is 9.30 Å². The molecule has 2 rings (SSSR count). The largest absolute Gasteiger partial charge is 0.357 e. The molecule has 1 fully saturated rings. The topological polar surface area (TPSA) is 26.2 Å². The van der Waals surface area contributed by atoms with E-state index in [1.165, 1.54) is 5.56 Å². The number of aryl methyl sites for hydroxylation is 1. The van der Waals surface area contributed by atoms with E-state index in [0.717, 1.165) is 6.54 Å². The highest BCUT2D eigenvalue weighted by molar-refractivity contribution is 5.14. The zero-order chi connectivity index (χ0) is 8.55. The second-order valence-corrected chi connectivity index (χ2v) is 3.29. The van der Waals surface area contributed by atoms with Gasteiger partial charge in [0.2, 0.25) is 0 Å². The van der Waals surface area contributed by atoms with Crippen LogP contribution in [0.4, 0.5) is 0 Å². The van der Waals surface area contributed by atoms with Crippen LogP contribution >= 0.6 is 0 Å². The molecule has 1 aliphatic rings. The lowest BCUT2D eigenvalue weighted by Crippen LogP contribution is -2.17. The summed E-state index contributed by atoms with van der Waals surface area (Å²) in [4.78, 5) is 0. The van der Waals surface area contributed by atoms with Crippen LogP contribution in [0.15, 0.2) is 18.5 Å². The molecule has 0 radical (unpaired) electrons. The van der Waals surface area contributed by atoms with Gasteiger partial charge in [-0.3, -0.25) is 5.32 Å². The van der Waals surface area contributed by atoms with Crippen molar-refractivity contribution < 1.29 is 4.74 Å². The quantitative estimate of drug-likeness (QED) is 0.674.